The van der Waals surface area contributed by atoms with Gasteiger partial charge in [0.05, 0.1) is 20.9 Å². The van der Waals surface area contributed by atoms with Crippen LogP contribution in [0.4, 0.5) is 0 Å². The van der Waals surface area contributed by atoms with E-state index in [0.717, 1.165) is 25.4 Å². The Bertz CT molecular complexity index is 675. The third-order valence-electron chi connectivity index (χ3n) is 2.69. The zero-order valence-electron chi connectivity index (χ0n) is 9.68. The van der Waals surface area contributed by atoms with Crippen molar-refractivity contribution in [3.05, 3.63) is 46.0 Å². The molecule has 0 aliphatic carbocycles. The number of halogens is 1. The molecule has 1 heterocycles. The van der Waals surface area contributed by atoms with E-state index in [0.29, 0.717) is 0 Å². The molecule has 2 nitrogen and oxygen atoms in total. The molecular weight excluding hydrogens is 357 g/mol. The van der Waals surface area contributed by atoms with E-state index in [1.165, 1.54) is 4.70 Å². The molecule has 3 aromatic rings. The lowest BCUT2D eigenvalue weighted by atomic mass is 10.2. The van der Waals surface area contributed by atoms with E-state index in [1.807, 2.05) is 24.3 Å². The summed E-state index contributed by atoms with van der Waals surface area (Å²) in [7, 11) is 1.69. The number of aromatic nitrogens is 1. The van der Waals surface area contributed by atoms with E-state index >= 15 is 0 Å². The standard InChI is InChI=1S/C14H10INOS/c1-17-12-7-6-9(8-10(12)15)14-16-11-4-2-3-5-13(11)18-14/h2-8H,1H3. The van der Waals surface area contributed by atoms with Gasteiger partial charge in [0.2, 0.25) is 0 Å². The Kier molecular flexibility index (Phi) is 3.22. The van der Waals surface area contributed by atoms with Crippen molar-refractivity contribution in [2.75, 3.05) is 7.11 Å². The minimum Gasteiger partial charge on any atom is -0.496 e. The molecule has 0 aliphatic rings. The van der Waals surface area contributed by atoms with Crippen LogP contribution in [0.5, 0.6) is 5.75 Å². The van der Waals surface area contributed by atoms with Gasteiger partial charge in [-0.05, 0) is 52.9 Å². The van der Waals surface area contributed by atoms with E-state index in [9.17, 15) is 0 Å². The fourth-order valence-corrected chi connectivity index (χ4v) is 3.49. The summed E-state index contributed by atoms with van der Waals surface area (Å²) in [5.41, 5.74) is 2.20. The van der Waals surface area contributed by atoms with Crippen molar-refractivity contribution in [2.24, 2.45) is 0 Å². The van der Waals surface area contributed by atoms with Crippen molar-refractivity contribution < 1.29 is 4.74 Å². The molecule has 1 aromatic heterocycles. The number of hydrogen-bond acceptors (Lipinski definition) is 3. The van der Waals surface area contributed by atoms with E-state index < -0.39 is 0 Å². The molecule has 0 amide bonds. The highest BCUT2D eigenvalue weighted by atomic mass is 127. The van der Waals surface area contributed by atoms with Crippen molar-refractivity contribution in [1.82, 2.24) is 4.98 Å². The van der Waals surface area contributed by atoms with Gasteiger partial charge in [0.15, 0.2) is 0 Å². The third-order valence-corrected chi connectivity index (χ3v) is 4.62. The van der Waals surface area contributed by atoms with Gasteiger partial charge in [0.25, 0.3) is 0 Å². The lowest BCUT2D eigenvalue weighted by Gasteiger charge is -2.04. The van der Waals surface area contributed by atoms with Gasteiger partial charge in [0, 0.05) is 5.56 Å². The number of ether oxygens (including phenoxy) is 1. The normalized spacial score (nSPS) is 10.8. The molecule has 0 unspecified atom stereocenters. The van der Waals surface area contributed by atoms with Crippen LogP contribution >= 0.6 is 33.9 Å². The highest BCUT2D eigenvalue weighted by Crippen LogP contribution is 2.32. The highest BCUT2D eigenvalue weighted by molar-refractivity contribution is 14.1. The molecule has 0 aliphatic heterocycles. The number of rotatable bonds is 2. The van der Waals surface area contributed by atoms with Crippen LogP contribution in [-0.2, 0) is 0 Å². The van der Waals surface area contributed by atoms with E-state index in [2.05, 4.69) is 45.8 Å². The number of benzene rings is 2. The summed E-state index contributed by atoms with van der Waals surface area (Å²) in [6.45, 7) is 0. The van der Waals surface area contributed by atoms with Crippen molar-refractivity contribution in [3.63, 3.8) is 0 Å². The predicted octanol–water partition coefficient (Wildman–Crippen LogP) is 4.58. The lowest BCUT2D eigenvalue weighted by molar-refractivity contribution is 0.412. The van der Waals surface area contributed by atoms with Crippen molar-refractivity contribution in [2.45, 2.75) is 0 Å². The van der Waals surface area contributed by atoms with Crippen LogP contribution < -0.4 is 4.74 Å². The first-order chi connectivity index (χ1) is 8.78. The van der Waals surface area contributed by atoms with Gasteiger partial charge in [-0.2, -0.15) is 0 Å². The minimum atomic E-state index is 0.903. The molecular formula is C14H10INOS. The Labute approximate surface area is 123 Å². The molecule has 3 rings (SSSR count). The van der Waals surface area contributed by atoms with Crippen molar-refractivity contribution >= 4 is 44.1 Å². The third kappa shape index (κ3) is 2.10. The Morgan fingerprint density at radius 3 is 2.72 bits per heavy atom. The highest BCUT2D eigenvalue weighted by Gasteiger charge is 2.08. The lowest BCUT2D eigenvalue weighted by Crippen LogP contribution is -1.87. The van der Waals surface area contributed by atoms with Crippen LogP contribution in [-0.4, -0.2) is 12.1 Å². The van der Waals surface area contributed by atoms with Gasteiger partial charge in [0.1, 0.15) is 10.8 Å². The maximum absolute atomic E-state index is 5.27. The first kappa shape index (κ1) is 11.9. The van der Waals surface area contributed by atoms with Crippen LogP contribution in [0.25, 0.3) is 20.8 Å². The number of methoxy groups -OCH3 is 1. The fraction of sp³-hybridized carbons (Fsp3) is 0.0714. The average Bonchev–Trinajstić information content (AvgIpc) is 2.82. The topological polar surface area (TPSA) is 22.1 Å². The molecule has 0 atom stereocenters. The average molecular weight is 367 g/mol. The number of thiazole rings is 1. The quantitative estimate of drug-likeness (QED) is 0.619. The summed E-state index contributed by atoms with van der Waals surface area (Å²) in [6.07, 6.45) is 0. The van der Waals surface area contributed by atoms with Crippen molar-refractivity contribution in [3.8, 4) is 16.3 Å². The van der Waals surface area contributed by atoms with E-state index in [-0.39, 0.29) is 0 Å². The molecule has 0 spiro atoms. The van der Waals surface area contributed by atoms with Gasteiger partial charge in [-0.1, -0.05) is 12.1 Å². The zero-order valence-corrected chi connectivity index (χ0v) is 12.7. The second-order valence-corrected chi connectivity index (χ2v) is 6.03. The van der Waals surface area contributed by atoms with Gasteiger partial charge < -0.3 is 4.74 Å². The van der Waals surface area contributed by atoms with Crippen LogP contribution in [0.1, 0.15) is 0 Å². The molecule has 0 radical (unpaired) electrons. The second-order valence-electron chi connectivity index (χ2n) is 3.84. The van der Waals surface area contributed by atoms with Gasteiger partial charge in [-0.15, -0.1) is 11.3 Å². The fourth-order valence-electron chi connectivity index (χ4n) is 1.80. The largest absolute Gasteiger partial charge is 0.496 e. The summed E-state index contributed by atoms with van der Waals surface area (Å²) in [5.74, 6) is 0.903. The predicted molar refractivity (Wildman–Crippen MR) is 84.3 cm³/mol. The Balaban J connectivity index is 2.11. The Hall–Kier alpha value is -1.14. The number of para-hydroxylation sites is 1. The van der Waals surface area contributed by atoms with Gasteiger partial charge >= 0.3 is 0 Å². The zero-order chi connectivity index (χ0) is 12.5. The number of hydrogen-bond donors (Lipinski definition) is 0. The van der Waals surface area contributed by atoms with Crippen LogP contribution in [0, 0.1) is 3.57 Å². The molecule has 90 valence electrons. The summed E-state index contributed by atoms with van der Waals surface area (Å²) >= 11 is 4.00. The molecule has 0 bridgehead atoms. The molecule has 0 N–H and O–H groups in total. The number of nitrogens with zero attached hydrogens (tertiary/aromatic N) is 1. The number of fused-ring (bicyclic) bond motifs is 1. The minimum absolute atomic E-state index is 0.903. The van der Waals surface area contributed by atoms with Crippen LogP contribution in [0.15, 0.2) is 42.5 Å². The molecule has 0 fully saturated rings. The van der Waals surface area contributed by atoms with Gasteiger partial charge in [-0.25, -0.2) is 4.98 Å². The summed E-state index contributed by atoms with van der Waals surface area (Å²) < 4.78 is 7.59. The van der Waals surface area contributed by atoms with Crippen LogP contribution in [0.3, 0.4) is 0 Å². The SMILES string of the molecule is COc1ccc(-c2nc3ccccc3s2)cc1I. The maximum atomic E-state index is 5.27. The summed E-state index contributed by atoms with van der Waals surface area (Å²) in [5, 5.41) is 1.05. The first-order valence-corrected chi connectivity index (χ1v) is 7.37. The summed E-state index contributed by atoms with van der Waals surface area (Å²) in [4.78, 5) is 4.65. The molecule has 18 heavy (non-hydrogen) atoms. The molecule has 0 saturated heterocycles. The second kappa shape index (κ2) is 4.85. The molecule has 0 saturated carbocycles. The monoisotopic (exact) mass is 367 g/mol. The molecule has 2 aromatic carbocycles. The molecule has 4 heteroatoms. The maximum Gasteiger partial charge on any atom is 0.132 e. The van der Waals surface area contributed by atoms with Crippen LogP contribution in [0.2, 0.25) is 0 Å². The smallest absolute Gasteiger partial charge is 0.132 e. The van der Waals surface area contributed by atoms with E-state index in [4.69, 9.17) is 4.74 Å². The Morgan fingerprint density at radius 1 is 1.17 bits per heavy atom. The van der Waals surface area contributed by atoms with E-state index in [1.54, 1.807) is 18.4 Å². The summed E-state index contributed by atoms with van der Waals surface area (Å²) in [6, 6.07) is 14.4. The first-order valence-electron chi connectivity index (χ1n) is 5.47. The van der Waals surface area contributed by atoms with Gasteiger partial charge in [-0.3, -0.25) is 0 Å². The Morgan fingerprint density at radius 2 is 2.00 bits per heavy atom. The van der Waals surface area contributed by atoms with Crippen molar-refractivity contribution in [1.29, 1.82) is 0 Å².